The number of hydrogen-bond acceptors (Lipinski definition) is 2. The first-order valence-electron chi connectivity index (χ1n) is 17.4. The van der Waals surface area contributed by atoms with Crippen molar-refractivity contribution in [3.05, 3.63) is 176 Å². The molecule has 236 valence electrons. The highest BCUT2D eigenvalue weighted by Crippen LogP contribution is 2.44. The van der Waals surface area contributed by atoms with Crippen molar-refractivity contribution in [2.24, 2.45) is 0 Å². The standard InChI is InChI=1S/C48H29N3/c1-3-13-30(14-4-1)33-27-34(31-15-5-2-6-16-31)29-35(28-33)46-38-19-7-9-22-41(38)49-48(50-46)40-21-12-24-43-45(40)39-26-25-32-17-11-20-37-36-18-8-10-23-42(36)51(43)47(39)44(32)37/h1-29H. The first-order valence-corrected chi connectivity index (χ1v) is 17.4. The zero-order valence-corrected chi connectivity index (χ0v) is 27.6. The molecule has 3 aromatic heterocycles. The summed E-state index contributed by atoms with van der Waals surface area (Å²) in [7, 11) is 0. The molecule has 0 aliphatic heterocycles. The van der Waals surface area contributed by atoms with Crippen molar-refractivity contribution < 1.29 is 0 Å². The lowest BCUT2D eigenvalue weighted by Crippen LogP contribution is -1.96. The Kier molecular flexibility index (Phi) is 5.96. The molecule has 3 heterocycles. The first-order chi connectivity index (χ1) is 25.3. The highest BCUT2D eigenvalue weighted by molar-refractivity contribution is 6.30. The molecule has 0 atom stereocenters. The Morgan fingerprint density at radius 2 is 1.00 bits per heavy atom. The summed E-state index contributed by atoms with van der Waals surface area (Å²) in [5, 5.41) is 8.49. The van der Waals surface area contributed by atoms with Crippen molar-refractivity contribution in [2.75, 3.05) is 0 Å². The summed E-state index contributed by atoms with van der Waals surface area (Å²) < 4.78 is 2.45. The van der Waals surface area contributed by atoms with Crippen LogP contribution in [0.3, 0.4) is 0 Å². The van der Waals surface area contributed by atoms with Crippen LogP contribution < -0.4 is 0 Å². The van der Waals surface area contributed by atoms with Crippen LogP contribution in [-0.4, -0.2) is 14.4 Å². The van der Waals surface area contributed by atoms with Crippen molar-refractivity contribution in [3.63, 3.8) is 0 Å². The zero-order valence-electron chi connectivity index (χ0n) is 27.6. The van der Waals surface area contributed by atoms with E-state index in [0.717, 1.165) is 50.2 Å². The number of hydrogen-bond donors (Lipinski definition) is 0. The van der Waals surface area contributed by atoms with Gasteiger partial charge in [-0.1, -0.05) is 140 Å². The number of rotatable bonds is 4. The molecule has 0 N–H and O–H groups in total. The van der Waals surface area contributed by atoms with E-state index >= 15 is 0 Å². The lowest BCUT2D eigenvalue weighted by atomic mass is 9.94. The number of benzene rings is 8. The average Bonchev–Trinajstić information content (AvgIpc) is 3.56. The minimum atomic E-state index is 0.723. The Hall–Kier alpha value is -6.84. The Bertz CT molecular complexity index is 3050. The molecule has 0 aliphatic carbocycles. The van der Waals surface area contributed by atoms with Gasteiger partial charge < -0.3 is 4.40 Å². The van der Waals surface area contributed by atoms with E-state index < -0.39 is 0 Å². The van der Waals surface area contributed by atoms with Crippen LogP contribution in [-0.2, 0) is 0 Å². The van der Waals surface area contributed by atoms with E-state index in [9.17, 15) is 0 Å². The first kappa shape index (κ1) is 28.0. The van der Waals surface area contributed by atoms with Crippen molar-refractivity contribution in [2.45, 2.75) is 0 Å². The van der Waals surface area contributed by atoms with Gasteiger partial charge in [0.15, 0.2) is 5.82 Å². The molecule has 0 aliphatic rings. The van der Waals surface area contributed by atoms with Gasteiger partial charge in [0, 0.05) is 38.1 Å². The maximum absolute atomic E-state index is 5.50. The summed E-state index contributed by atoms with van der Waals surface area (Å²) in [5.74, 6) is 0.723. The Morgan fingerprint density at radius 3 is 1.78 bits per heavy atom. The van der Waals surface area contributed by atoms with E-state index in [-0.39, 0.29) is 0 Å². The molecule has 8 aromatic carbocycles. The number of pyridine rings is 1. The summed E-state index contributed by atoms with van der Waals surface area (Å²) in [5.41, 5.74) is 12.2. The number of nitrogens with zero attached hydrogens (tertiary/aromatic N) is 3. The number of aromatic nitrogens is 3. The van der Waals surface area contributed by atoms with E-state index in [1.54, 1.807) is 0 Å². The van der Waals surface area contributed by atoms with E-state index in [2.05, 4.69) is 180 Å². The van der Waals surface area contributed by atoms with Gasteiger partial charge in [-0.05, 0) is 69.4 Å². The summed E-state index contributed by atoms with van der Waals surface area (Å²) in [6, 6.07) is 63.0. The van der Waals surface area contributed by atoms with E-state index in [0.29, 0.717) is 0 Å². The highest BCUT2D eigenvalue weighted by Gasteiger charge is 2.22. The second kappa shape index (κ2) is 10.8. The van der Waals surface area contributed by atoms with Crippen LogP contribution in [0, 0.1) is 0 Å². The fourth-order valence-corrected chi connectivity index (χ4v) is 8.26. The third-order valence-electron chi connectivity index (χ3n) is 10.5. The average molecular weight is 648 g/mol. The van der Waals surface area contributed by atoms with Gasteiger partial charge in [0.05, 0.1) is 27.8 Å². The van der Waals surface area contributed by atoms with Gasteiger partial charge in [-0.3, -0.25) is 0 Å². The molecule has 3 heteroatoms. The molecule has 11 aromatic rings. The third kappa shape index (κ3) is 4.19. The minimum absolute atomic E-state index is 0.723. The molecule has 0 spiro atoms. The largest absolute Gasteiger partial charge is 0.308 e. The van der Waals surface area contributed by atoms with Crippen LogP contribution in [0.4, 0.5) is 0 Å². The molecule has 0 amide bonds. The summed E-state index contributed by atoms with van der Waals surface area (Å²) >= 11 is 0. The van der Waals surface area contributed by atoms with Crippen LogP contribution in [0.25, 0.3) is 105 Å². The molecule has 11 rings (SSSR count). The SMILES string of the molecule is c1ccc(-c2cc(-c3ccccc3)cc(-c3nc(-c4cccc5c4c4ccc6cccc7c8ccccc8n5c4c67)nc4ccccc34)c2)cc1. The third-order valence-corrected chi connectivity index (χ3v) is 10.5. The van der Waals surface area contributed by atoms with Gasteiger partial charge in [0.2, 0.25) is 0 Å². The van der Waals surface area contributed by atoms with Gasteiger partial charge in [-0.25, -0.2) is 9.97 Å². The number of fused-ring (bicyclic) bond motifs is 7. The molecule has 0 bridgehead atoms. The van der Waals surface area contributed by atoms with Gasteiger partial charge in [-0.2, -0.15) is 0 Å². The molecule has 3 nitrogen and oxygen atoms in total. The Morgan fingerprint density at radius 1 is 0.373 bits per heavy atom. The molecule has 0 unspecified atom stereocenters. The topological polar surface area (TPSA) is 30.2 Å². The second-order valence-electron chi connectivity index (χ2n) is 13.4. The van der Waals surface area contributed by atoms with Crippen LogP contribution >= 0.6 is 0 Å². The molecule has 0 saturated heterocycles. The number of para-hydroxylation sites is 2. The second-order valence-corrected chi connectivity index (χ2v) is 13.4. The van der Waals surface area contributed by atoms with Crippen LogP contribution in [0.15, 0.2) is 176 Å². The molecular weight excluding hydrogens is 619 g/mol. The highest BCUT2D eigenvalue weighted by atomic mass is 14.9. The predicted molar refractivity (Wildman–Crippen MR) is 213 cm³/mol. The van der Waals surface area contributed by atoms with Gasteiger partial charge in [-0.15, -0.1) is 0 Å². The van der Waals surface area contributed by atoms with Crippen molar-refractivity contribution in [1.29, 1.82) is 0 Å². The molecule has 0 saturated carbocycles. The molecular formula is C48H29N3. The fraction of sp³-hybridized carbons (Fsp3) is 0. The Balaban J connectivity index is 1.23. The van der Waals surface area contributed by atoms with Gasteiger partial charge >= 0.3 is 0 Å². The zero-order chi connectivity index (χ0) is 33.5. The lowest BCUT2D eigenvalue weighted by molar-refractivity contribution is 1.23. The van der Waals surface area contributed by atoms with Gasteiger partial charge in [0.25, 0.3) is 0 Å². The van der Waals surface area contributed by atoms with E-state index in [4.69, 9.17) is 9.97 Å². The quantitative estimate of drug-likeness (QED) is 0.141. The summed E-state index contributed by atoms with van der Waals surface area (Å²) in [6.45, 7) is 0. The Labute approximate surface area is 294 Å². The maximum Gasteiger partial charge on any atom is 0.161 e. The van der Waals surface area contributed by atoms with Crippen molar-refractivity contribution in [1.82, 2.24) is 14.4 Å². The minimum Gasteiger partial charge on any atom is -0.308 e. The predicted octanol–water partition coefficient (Wildman–Crippen LogP) is 12.6. The van der Waals surface area contributed by atoms with Crippen LogP contribution in [0.5, 0.6) is 0 Å². The maximum atomic E-state index is 5.50. The van der Waals surface area contributed by atoms with Crippen molar-refractivity contribution in [3.8, 4) is 44.9 Å². The fourth-order valence-electron chi connectivity index (χ4n) is 8.26. The van der Waals surface area contributed by atoms with E-state index in [1.165, 1.54) is 54.5 Å². The lowest BCUT2D eigenvalue weighted by Gasteiger charge is -2.14. The smallest absolute Gasteiger partial charge is 0.161 e. The van der Waals surface area contributed by atoms with Crippen LogP contribution in [0.1, 0.15) is 0 Å². The molecule has 51 heavy (non-hydrogen) atoms. The van der Waals surface area contributed by atoms with Crippen LogP contribution in [0.2, 0.25) is 0 Å². The molecule has 0 fully saturated rings. The molecule has 0 radical (unpaired) electrons. The summed E-state index contributed by atoms with van der Waals surface area (Å²) in [4.78, 5) is 10.8. The van der Waals surface area contributed by atoms with Gasteiger partial charge in [0.1, 0.15) is 0 Å². The normalized spacial score (nSPS) is 11.9. The van der Waals surface area contributed by atoms with E-state index in [1.807, 2.05) is 0 Å². The monoisotopic (exact) mass is 647 g/mol. The van der Waals surface area contributed by atoms with Crippen molar-refractivity contribution >= 4 is 59.8 Å². The summed E-state index contributed by atoms with van der Waals surface area (Å²) in [6.07, 6.45) is 0.